The van der Waals surface area contributed by atoms with E-state index in [1.807, 2.05) is 6.92 Å². The van der Waals surface area contributed by atoms with Crippen LogP contribution in [0.4, 0.5) is 0 Å². The summed E-state index contributed by atoms with van der Waals surface area (Å²) in [5, 5.41) is 12.6. The summed E-state index contributed by atoms with van der Waals surface area (Å²) in [7, 11) is 1.68. The van der Waals surface area contributed by atoms with E-state index in [1.165, 1.54) is 0 Å². The molecule has 1 aromatic heterocycles. The zero-order valence-electron chi connectivity index (χ0n) is 11.0. The Morgan fingerprint density at radius 2 is 2.33 bits per heavy atom. The van der Waals surface area contributed by atoms with Crippen LogP contribution in [0.3, 0.4) is 0 Å². The van der Waals surface area contributed by atoms with Gasteiger partial charge < -0.3 is 14.8 Å². The second kappa shape index (κ2) is 6.80. The molecule has 102 valence electrons. The summed E-state index contributed by atoms with van der Waals surface area (Å²) in [5.41, 5.74) is 0.0515. The van der Waals surface area contributed by atoms with Crippen LogP contribution in [0.2, 0.25) is 0 Å². The van der Waals surface area contributed by atoms with Crippen molar-refractivity contribution in [3.63, 3.8) is 0 Å². The number of hydrogen-bond donors (Lipinski definition) is 2. The Morgan fingerprint density at radius 1 is 1.61 bits per heavy atom. The van der Waals surface area contributed by atoms with Crippen LogP contribution in [0.25, 0.3) is 0 Å². The lowest BCUT2D eigenvalue weighted by Crippen LogP contribution is -2.47. The van der Waals surface area contributed by atoms with Crippen LogP contribution in [-0.2, 0) is 4.79 Å². The van der Waals surface area contributed by atoms with Gasteiger partial charge in [0.15, 0.2) is 0 Å². The Labute approximate surface area is 111 Å². The Balaban J connectivity index is 2.20. The van der Waals surface area contributed by atoms with Crippen molar-refractivity contribution in [3.8, 4) is 0 Å². The summed E-state index contributed by atoms with van der Waals surface area (Å²) in [6.45, 7) is 3.60. The van der Waals surface area contributed by atoms with E-state index in [4.69, 9.17) is 9.52 Å². The first-order valence-electron chi connectivity index (χ1n) is 5.95. The van der Waals surface area contributed by atoms with E-state index in [0.29, 0.717) is 11.6 Å². The van der Waals surface area contributed by atoms with Crippen molar-refractivity contribution in [2.75, 3.05) is 12.8 Å². The molecule has 0 fully saturated rings. The Kier molecular flexibility index (Phi) is 5.68. The average molecular weight is 272 g/mol. The molecule has 5 nitrogen and oxygen atoms in total. The third-order valence-electron chi connectivity index (χ3n) is 2.92. The molecule has 1 unspecified atom stereocenters. The van der Waals surface area contributed by atoms with Crippen LogP contribution >= 0.6 is 11.8 Å². The molecule has 0 radical (unpaired) electrons. The smallest absolute Gasteiger partial charge is 0.323 e. The summed E-state index contributed by atoms with van der Waals surface area (Å²) >= 11 is 1.56. The number of unbranched alkanes of at least 4 members (excludes halogenated alkanes) is 1. The molecule has 0 bridgehead atoms. The third kappa shape index (κ3) is 4.34. The van der Waals surface area contributed by atoms with Gasteiger partial charge in [-0.3, -0.25) is 4.79 Å². The number of aryl methyl sites for hydroxylation is 1. The predicted molar refractivity (Wildman–Crippen MR) is 70.9 cm³/mol. The van der Waals surface area contributed by atoms with Crippen LogP contribution in [-0.4, -0.2) is 34.4 Å². The van der Waals surface area contributed by atoms with Crippen molar-refractivity contribution in [2.45, 2.75) is 43.9 Å². The minimum absolute atomic E-state index is 0.615. The lowest BCUT2D eigenvalue weighted by molar-refractivity contribution is -0.144. The molecule has 6 heteroatoms. The van der Waals surface area contributed by atoms with Gasteiger partial charge in [-0.15, -0.1) is 0 Å². The molecule has 1 rings (SSSR count). The maximum atomic E-state index is 11.0. The molecule has 0 saturated carbocycles. The molecule has 0 spiro atoms. The van der Waals surface area contributed by atoms with Gasteiger partial charge in [0.2, 0.25) is 0 Å². The number of aromatic nitrogens is 1. The van der Waals surface area contributed by atoms with Gasteiger partial charge in [0, 0.05) is 5.75 Å². The van der Waals surface area contributed by atoms with Gasteiger partial charge in [0.25, 0.3) is 5.22 Å². The van der Waals surface area contributed by atoms with E-state index in [9.17, 15) is 4.79 Å². The van der Waals surface area contributed by atoms with Crippen LogP contribution in [0.1, 0.15) is 31.9 Å². The quantitative estimate of drug-likeness (QED) is 0.558. The van der Waals surface area contributed by atoms with Crippen molar-refractivity contribution in [1.82, 2.24) is 10.3 Å². The lowest BCUT2D eigenvalue weighted by atomic mass is 9.95. The SMILES string of the molecule is CNC(C)(CCCCSc1nc(C)co1)C(=O)O. The second-order valence-corrected chi connectivity index (χ2v) is 5.49. The number of oxazole rings is 1. The van der Waals surface area contributed by atoms with Gasteiger partial charge in [0.1, 0.15) is 11.8 Å². The van der Waals surface area contributed by atoms with Crippen LogP contribution in [0.15, 0.2) is 15.9 Å². The van der Waals surface area contributed by atoms with E-state index in [1.54, 1.807) is 32.0 Å². The molecule has 1 heterocycles. The van der Waals surface area contributed by atoms with Gasteiger partial charge in [-0.2, -0.15) is 0 Å². The van der Waals surface area contributed by atoms with Crippen LogP contribution in [0.5, 0.6) is 0 Å². The van der Waals surface area contributed by atoms with Crippen LogP contribution in [0, 0.1) is 6.92 Å². The summed E-state index contributed by atoms with van der Waals surface area (Å²) in [4.78, 5) is 15.2. The normalized spacial score (nSPS) is 14.4. The number of rotatable bonds is 8. The second-order valence-electron chi connectivity index (χ2n) is 4.45. The fourth-order valence-electron chi connectivity index (χ4n) is 1.48. The van der Waals surface area contributed by atoms with Crippen molar-refractivity contribution in [1.29, 1.82) is 0 Å². The average Bonchev–Trinajstić information content (AvgIpc) is 2.74. The molecule has 0 amide bonds. The molecule has 0 aromatic carbocycles. The summed E-state index contributed by atoms with van der Waals surface area (Å²) < 4.78 is 5.22. The van der Waals surface area contributed by atoms with Crippen molar-refractivity contribution in [3.05, 3.63) is 12.0 Å². The summed E-state index contributed by atoms with van der Waals surface area (Å²) in [5.74, 6) is 0.0836. The first kappa shape index (κ1) is 15.0. The van der Waals surface area contributed by atoms with E-state index in [2.05, 4.69) is 10.3 Å². The number of aliphatic carboxylic acids is 1. The largest absolute Gasteiger partial charge is 0.480 e. The standard InChI is InChI=1S/C12H20N2O3S/c1-9-8-17-11(14-9)18-7-5-4-6-12(2,13-3)10(15)16/h8,13H,4-7H2,1-3H3,(H,15,16). The highest BCUT2D eigenvalue weighted by Gasteiger charge is 2.29. The minimum Gasteiger partial charge on any atom is -0.480 e. The monoisotopic (exact) mass is 272 g/mol. The van der Waals surface area contributed by atoms with Gasteiger partial charge in [0.05, 0.1) is 5.69 Å². The molecular weight excluding hydrogens is 252 g/mol. The molecule has 0 aliphatic rings. The van der Waals surface area contributed by atoms with E-state index in [-0.39, 0.29) is 0 Å². The van der Waals surface area contributed by atoms with Crippen molar-refractivity contribution >= 4 is 17.7 Å². The molecule has 2 N–H and O–H groups in total. The predicted octanol–water partition coefficient (Wildman–Crippen LogP) is 2.31. The van der Waals surface area contributed by atoms with E-state index in [0.717, 1.165) is 24.3 Å². The first-order valence-corrected chi connectivity index (χ1v) is 6.94. The third-order valence-corrected chi connectivity index (χ3v) is 3.85. The van der Waals surface area contributed by atoms with Crippen LogP contribution < -0.4 is 5.32 Å². The van der Waals surface area contributed by atoms with Crippen molar-refractivity contribution < 1.29 is 14.3 Å². The number of thioether (sulfide) groups is 1. The van der Waals surface area contributed by atoms with E-state index < -0.39 is 11.5 Å². The number of carboxylic acid groups (broad SMARTS) is 1. The number of nitrogens with one attached hydrogen (secondary N) is 1. The molecular formula is C12H20N2O3S. The molecule has 1 aromatic rings. The number of carbonyl (C=O) groups is 1. The van der Waals surface area contributed by atoms with Gasteiger partial charge in [-0.1, -0.05) is 18.2 Å². The molecule has 1 atom stereocenters. The first-order chi connectivity index (χ1) is 8.48. The maximum absolute atomic E-state index is 11.0. The van der Waals surface area contributed by atoms with Gasteiger partial charge >= 0.3 is 5.97 Å². The van der Waals surface area contributed by atoms with E-state index >= 15 is 0 Å². The Hall–Kier alpha value is -1.01. The van der Waals surface area contributed by atoms with Crippen molar-refractivity contribution in [2.24, 2.45) is 0 Å². The fourth-order valence-corrected chi connectivity index (χ4v) is 2.33. The number of likely N-dealkylation sites (N-methyl/N-ethyl adjacent to an activating group) is 1. The minimum atomic E-state index is -0.829. The summed E-state index contributed by atoms with van der Waals surface area (Å²) in [6, 6.07) is 0. The van der Waals surface area contributed by atoms with Gasteiger partial charge in [-0.05, 0) is 33.7 Å². The highest BCUT2D eigenvalue weighted by molar-refractivity contribution is 7.99. The van der Waals surface area contributed by atoms with Gasteiger partial charge in [-0.25, -0.2) is 4.98 Å². The molecule has 0 aliphatic heterocycles. The lowest BCUT2D eigenvalue weighted by Gasteiger charge is -2.23. The highest BCUT2D eigenvalue weighted by atomic mass is 32.2. The Bertz CT molecular complexity index is 394. The summed E-state index contributed by atoms with van der Waals surface area (Å²) in [6.07, 6.45) is 4.04. The highest BCUT2D eigenvalue weighted by Crippen LogP contribution is 2.20. The zero-order chi connectivity index (χ0) is 13.6. The molecule has 0 saturated heterocycles. The molecule has 18 heavy (non-hydrogen) atoms. The maximum Gasteiger partial charge on any atom is 0.323 e. The molecule has 0 aliphatic carbocycles. The number of hydrogen-bond acceptors (Lipinski definition) is 5. The topological polar surface area (TPSA) is 75.4 Å². The number of carboxylic acids is 1. The Morgan fingerprint density at radius 3 is 2.83 bits per heavy atom. The number of nitrogens with zero attached hydrogens (tertiary/aromatic N) is 1. The zero-order valence-corrected chi connectivity index (χ0v) is 11.8. The fraction of sp³-hybridized carbons (Fsp3) is 0.667.